The Balaban J connectivity index is 1.79. The Labute approximate surface area is 122 Å². The number of hydrogen-bond acceptors (Lipinski definition) is 5. The molecule has 1 aliphatic carbocycles. The highest BCUT2D eigenvalue weighted by Crippen LogP contribution is 2.32. The smallest absolute Gasteiger partial charge is 0.142 e. The van der Waals surface area contributed by atoms with Gasteiger partial charge in [0.2, 0.25) is 0 Å². The van der Waals surface area contributed by atoms with Gasteiger partial charge in [0.05, 0.1) is 11.1 Å². The molecule has 0 bridgehead atoms. The number of nitrogens with zero attached hydrogens (tertiary/aromatic N) is 2. The number of thioether (sulfide) groups is 1. The normalized spacial score (nSPS) is 16.5. The van der Waals surface area contributed by atoms with Crippen LogP contribution >= 0.6 is 23.1 Å². The molecule has 0 radical (unpaired) electrons. The van der Waals surface area contributed by atoms with Crippen LogP contribution in [0, 0.1) is 0 Å². The average Bonchev–Trinajstić information content (AvgIpc) is 3.05. The van der Waals surface area contributed by atoms with Gasteiger partial charge in [0.15, 0.2) is 0 Å². The molecule has 3 nitrogen and oxygen atoms in total. The van der Waals surface area contributed by atoms with E-state index >= 15 is 0 Å². The SMILES string of the molecule is CCc1cc2c(N)nc(CSC3CCCC3)nc2s1. The Morgan fingerprint density at radius 2 is 2.16 bits per heavy atom. The second-order valence-corrected chi connectivity index (χ2v) is 7.43. The number of aromatic nitrogens is 2. The Bertz CT molecular complexity index is 573. The minimum absolute atomic E-state index is 0.642. The first-order chi connectivity index (χ1) is 9.26. The molecule has 102 valence electrons. The predicted octanol–water partition coefficient (Wildman–Crippen LogP) is 4.01. The van der Waals surface area contributed by atoms with Gasteiger partial charge in [0, 0.05) is 10.1 Å². The Kier molecular flexibility index (Phi) is 3.93. The second kappa shape index (κ2) is 5.67. The van der Waals surface area contributed by atoms with Crippen LogP contribution in [0.2, 0.25) is 0 Å². The van der Waals surface area contributed by atoms with Gasteiger partial charge in [-0.15, -0.1) is 11.3 Å². The molecule has 0 amide bonds. The molecular weight excluding hydrogens is 274 g/mol. The Morgan fingerprint density at radius 3 is 2.89 bits per heavy atom. The van der Waals surface area contributed by atoms with Gasteiger partial charge in [-0.1, -0.05) is 19.8 Å². The van der Waals surface area contributed by atoms with Gasteiger partial charge < -0.3 is 5.73 Å². The number of nitrogens with two attached hydrogens (primary N) is 1. The van der Waals surface area contributed by atoms with Crippen LogP contribution in [0.4, 0.5) is 5.82 Å². The van der Waals surface area contributed by atoms with Gasteiger partial charge in [0.1, 0.15) is 16.5 Å². The molecule has 2 heterocycles. The van der Waals surface area contributed by atoms with Crippen molar-refractivity contribution in [2.24, 2.45) is 0 Å². The van der Waals surface area contributed by atoms with E-state index in [0.29, 0.717) is 5.82 Å². The van der Waals surface area contributed by atoms with Gasteiger partial charge in [0.25, 0.3) is 0 Å². The van der Waals surface area contributed by atoms with Crippen LogP contribution < -0.4 is 5.73 Å². The molecule has 0 saturated heterocycles. The van der Waals surface area contributed by atoms with Crippen LogP contribution in [-0.2, 0) is 12.2 Å². The minimum atomic E-state index is 0.642. The van der Waals surface area contributed by atoms with E-state index in [0.717, 1.165) is 33.5 Å². The van der Waals surface area contributed by atoms with E-state index in [2.05, 4.69) is 23.0 Å². The molecule has 0 aliphatic heterocycles. The molecule has 19 heavy (non-hydrogen) atoms. The van der Waals surface area contributed by atoms with Crippen molar-refractivity contribution in [3.05, 3.63) is 16.8 Å². The molecular formula is C14H19N3S2. The topological polar surface area (TPSA) is 51.8 Å². The lowest BCUT2D eigenvalue weighted by Gasteiger charge is -2.07. The monoisotopic (exact) mass is 293 g/mol. The Morgan fingerprint density at radius 1 is 1.37 bits per heavy atom. The first-order valence-electron chi connectivity index (χ1n) is 6.92. The van der Waals surface area contributed by atoms with Crippen molar-refractivity contribution in [3.8, 4) is 0 Å². The summed E-state index contributed by atoms with van der Waals surface area (Å²) >= 11 is 3.73. The highest BCUT2D eigenvalue weighted by molar-refractivity contribution is 7.99. The third kappa shape index (κ3) is 2.87. The second-order valence-electron chi connectivity index (χ2n) is 5.03. The Hall–Kier alpha value is -0.810. The zero-order valence-corrected chi connectivity index (χ0v) is 12.8. The van der Waals surface area contributed by atoms with E-state index in [9.17, 15) is 0 Å². The molecule has 0 unspecified atom stereocenters. The fourth-order valence-electron chi connectivity index (χ4n) is 2.53. The molecule has 0 atom stereocenters. The maximum Gasteiger partial charge on any atom is 0.142 e. The van der Waals surface area contributed by atoms with Crippen molar-refractivity contribution < 1.29 is 0 Å². The van der Waals surface area contributed by atoms with Gasteiger partial charge in [-0.05, 0) is 25.3 Å². The van der Waals surface area contributed by atoms with Crippen molar-refractivity contribution in [2.75, 3.05) is 5.73 Å². The molecule has 1 saturated carbocycles. The summed E-state index contributed by atoms with van der Waals surface area (Å²) in [5.41, 5.74) is 6.06. The van der Waals surface area contributed by atoms with Gasteiger partial charge >= 0.3 is 0 Å². The lowest BCUT2D eigenvalue weighted by molar-refractivity contribution is 0.886. The lowest BCUT2D eigenvalue weighted by Crippen LogP contribution is -2.01. The van der Waals surface area contributed by atoms with Gasteiger partial charge in [-0.25, -0.2) is 9.97 Å². The third-order valence-electron chi connectivity index (χ3n) is 3.62. The summed E-state index contributed by atoms with van der Waals surface area (Å²) in [5.74, 6) is 2.43. The number of thiophene rings is 1. The predicted molar refractivity (Wildman–Crippen MR) is 84.8 cm³/mol. The molecule has 1 aliphatic rings. The summed E-state index contributed by atoms with van der Waals surface area (Å²) in [6, 6.07) is 2.13. The molecule has 1 fully saturated rings. The summed E-state index contributed by atoms with van der Waals surface area (Å²) in [5, 5.41) is 1.83. The first-order valence-corrected chi connectivity index (χ1v) is 8.79. The third-order valence-corrected chi connectivity index (χ3v) is 6.16. The molecule has 2 aromatic rings. The van der Waals surface area contributed by atoms with E-state index in [1.54, 1.807) is 11.3 Å². The largest absolute Gasteiger partial charge is 0.383 e. The number of hydrogen-bond donors (Lipinski definition) is 1. The molecule has 5 heteroatoms. The number of anilines is 1. The lowest BCUT2D eigenvalue weighted by atomic mass is 10.3. The van der Waals surface area contributed by atoms with Crippen LogP contribution in [-0.4, -0.2) is 15.2 Å². The van der Waals surface area contributed by atoms with Crippen molar-refractivity contribution in [3.63, 3.8) is 0 Å². The van der Waals surface area contributed by atoms with Crippen LogP contribution in [0.3, 0.4) is 0 Å². The average molecular weight is 293 g/mol. The maximum atomic E-state index is 6.06. The maximum absolute atomic E-state index is 6.06. The van der Waals surface area contributed by atoms with Gasteiger partial charge in [-0.2, -0.15) is 11.8 Å². The van der Waals surface area contributed by atoms with E-state index in [1.165, 1.54) is 30.6 Å². The summed E-state index contributed by atoms with van der Waals surface area (Å²) in [4.78, 5) is 11.5. The van der Waals surface area contributed by atoms with Crippen LogP contribution in [0.15, 0.2) is 6.07 Å². The summed E-state index contributed by atoms with van der Waals surface area (Å²) < 4.78 is 0. The van der Waals surface area contributed by atoms with Crippen molar-refractivity contribution in [1.29, 1.82) is 0 Å². The summed E-state index contributed by atoms with van der Waals surface area (Å²) in [7, 11) is 0. The molecule has 0 aromatic carbocycles. The molecule has 2 aromatic heterocycles. The fraction of sp³-hybridized carbons (Fsp3) is 0.571. The van der Waals surface area contributed by atoms with Crippen molar-refractivity contribution in [2.45, 2.75) is 50.0 Å². The summed E-state index contributed by atoms with van der Waals surface area (Å²) in [6.07, 6.45) is 6.49. The van der Waals surface area contributed by atoms with E-state index in [1.807, 2.05) is 11.8 Å². The fourth-order valence-corrected chi connectivity index (χ4v) is 4.70. The zero-order valence-electron chi connectivity index (χ0n) is 11.2. The van der Waals surface area contributed by atoms with E-state index < -0.39 is 0 Å². The van der Waals surface area contributed by atoms with E-state index in [-0.39, 0.29) is 0 Å². The van der Waals surface area contributed by atoms with Crippen molar-refractivity contribution in [1.82, 2.24) is 9.97 Å². The molecule has 2 N–H and O–H groups in total. The quantitative estimate of drug-likeness (QED) is 0.925. The standard InChI is InChI=1S/C14H19N3S2/c1-2-9-7-11-13(15)16-12(17-14(11)19-9)8-18-10-5-3-4-6-10/h7,10H,2-6,8H2,1H3,(H2,15,16,17). The number of aryl methyl sites for hydroxylation is 1. The van der Waals surface area contributed by atoms with Crippen LogP contribution in [0.1, 0.15) is 43.3 Å². The molecule has 3 rings (SSSR count). The number of rotatable bonds is 4. The minimum Gasteiger partial charge on any atom is -0.383 e. The highest BCUT2D eigenvalue weighted by Gasteiger charge is 2.16. The summed E-state index contributed by atoms with van der Waals surface area (Å²) in [6.45, 7) is 2.16. The zero-order chi connectivity index (χ0) is 13.2. The number of fused-ring (bicyclic) bond motifs is 1. The molecule has 0 spiro atoms. The number of nitrogen functional groups attached to an aromatic ring is 1. The van der Waals surface area contributed by atoms with E-state index in [4.69, 9.17) is 5.73 Å². The first kappa shape index (κ1) is 13.2. The van der Waals surface area contributed by atoms with Crippen LogP contribution in [0.5, 0.6) is 0 Å². The highest BCUT2D eigenvalue weighted by atomic mass is 32.2. The van der Waals surface area contributed by atoms with Gasteiger partial charge in [-0.3, -0.25) is 0 Å². The van der Waals surface area contributed by atoms with Crippen molar-refractivity contribution >= 4 is 39.1 Å². The van der Waals surface area contributed by atoms with Crippen LogP contribution in [0.25, 0.3) is 10.2 Å².